The van der Waals surface area contributed by atoms with Gasteiger partial charge in [0.15, 0.2) is 0 Å². The highest BCUT2D eigenvalue weighted by molar-refractivity contribution is 7.12. The van der Waals surface area contributed by atoms with E-state index in [-0.39, 0.29) is 0 Å². The summed E-state index contributed by atoms with van der Waals surface area (Å²) in [5.41, 5.74) is 2.52. The van der Waals surface area contributed by atoms with Crippen LogP contribution in [0, 0.1) is 30.6 Å². The minimum Gasteiger partial charge on any atom is -0.309 e. The topological polar surface area (TPSA) is 12.0 Å². The fourth-order valence-electron chi connectivity index (χ4n) is 4.60. The molecule has 3 unspecified atom stereocenters. The standard InChI is InChI=1S/C17H27NS/c1-11-8-13(12(2)19-11)10-18-15-9-14-6-7-17(15,5)16(14,3)4/h8,14-15,18H,6-7,9-10H2,1-5H3. The summed E-state index contributed by atoms with van der Waals surface area (Å²) >= 11 is 1.93. The Morgan fingerprint density at radius 3 is 2.53 bits per heavy atom. The van der Waals surface area contributed by atoms with Crippen molar-refractivity contribution in [3.63, 3.8) is 0 Å². The van der Waals surface area contributed by atoms with Gasteiger partial charge in [0.25, 0.3) is 0 Å². The van der Waals surface area contributed by atoms with Crippen LogP contribution < -0.4 is 5.32 Å². The first kappa shape index (κ1) is 13.6. The van der Waals surface area contributed by atoms with Crippen molar-refractivity contribution >= 4 is 11.3 Å². The van der Waals surface area contributed by atoms with Crippen LogP contribution in [0.25, 0.3) is 0 Å². The molecular weight excluding hydrogens is 250 g/mol. The third-order valence-corrected chi connectivity index (χ3v) is 7.48. The van der Waals surface area contributed by atoms with Crippen LogP contribution in [-0.2, 0) is 6.54 Å². The van der Waals surface area contributed by atoms with Crippen molar-refractivity contribution in [3.8, 4) is 0 Å². The Balaban J connectivity index is 1.71. The molecule has 3 rings (SSSR count). The predicted molar refractivity (Wildman–Crippen MR) is 83.6 cm³/mol. The first-order chi connectivity index (χ1) is 8.84. The Bertz CT molecular complexity index is 487. The normalized spacial score (nSPS) is 36.1. The van der Waals surface area contributed by atoms with Crippen LogP contribution in [0.5, 0.6) is 0 Å². The lowest BCUT2D eigenvalue weighted by atomic mass is 9.69. The van der Waals surface area contributed by atoms with Crippen LogP contribution in [-0.4, -0.2) is 6.04 Å². The fraction of sp³-hybridized carbons (Fsp3) is 0.765. The molecule has 2 bridgehead atoms. The van der Waals surface area contributed by atoms with E-state index in [1.165, 1.54) is 34.6 Å². The van der Waals surface area contributed by atoms with Gasteiger partial charge in [-0.05, 0) is 61.5 Å². The maximum atomic E-state index is 3.89. The molecule has 0 aromatic carbocycles. The SMILES string of the molecule is Cc1cc(CNC2CC3CCC2(C)C3(C)C)c(C)s1. The van der Waals surface area contributed by atoms with Gasteiger partial charge in [0, 0.05) is 22.3 Å². The van der Waals surface area contributed by atoms with Gasteiger partial charge in [-0.2, -0.15) is 0 Å². The van der Waals surface area contributed by atoms with Crippen molar-refractivity contribution in [2.24, 2.45) is 16.7 Å². The van der Waals surface area contributed by atoms with Gasteiger partial charge in [-0.25, -0.2) is 0 Å². The summed E-state index contributed by atoms with van der Waals surface area (Å²) in [6.45, 7) is 13.0. The quantitative estimate of drug-likeness (QED) is 0.846. The molecule has 0 spiro atoms. The average molecular weight is 277 g/mol. The lowest BCUT2D eigenvalue weighted by molar-refractivity contribution is 0.120. The molecule has 1 N–H and O–H groups in total. The van der Waals surface area contributed by atoms with Crippen molar-refractivity contribution in [1.29, 1.82) is 0 Å². The molecule has 0 amide bonds. The summed E-state index contributed by atoms with van der Waals surface area (Å²) in [5.74, 6) is 0.931. The zero-order chi connectivity index (χ0) is 13.8. The Morgan fingerprint density at radius 1 is 1.32 bits per heavy atom. The Kier molecular flexibility index (Phi) is 3.10. The summed E-state index contributed by atoms with van der Waals surface area (Å²) < 4.78 is 0. The predicted octanol–water partition coefficient (Wildman–Crippen LogP) is 4.67. The van der Waals surface area contributed by atoms with E-state index >= 15 is 0 Å². The molecule has 2 heteroatoms. The molecule has 3 atom stereocenters. The molecule has 2 aliphatic rings. The Hall–Kier alpha value is -0.340. The molecule has 19 heavy (non-hydrogen) atoms. The molecule has 1 heterocycles. The molecule has 1 nitrogen and oxygen atoms in total. The lowest BCUT2D eigenvalue weighted by Crippen LogP contribution is -2.44. The van der Waals surface area contributed by atoms with Gasteiger partial charge in [-0.1, -0.05) is 20.8 Å². The fourth-order valence-corrected chi connectivity index (χ4v) is 5.55. The van der Waals surface area contributed by atoms with Crippen molar-refractivity contribution in [2.75, 3.05) is 0 Å². The summed E-state index contributed by atoms with van der Waals surface area (Å²) in [6.07, 6.45) is 4.23. The molecule has 2 aliphatic carbocycles. The average Bonchev–Trinajstić information content (AvgIpc) is 2.82. The van der Waals surface area contributed by atoms with Crippen molar-refractivity contribution in [3.05, 3.63) is 21.4 Å². The lowest BCUT2D eigenvalue weighted by Gasteiger charge is -2.39. The van der Waals surface area contributed by atoms with Crippen LogP contribution in [0.4, 0.5) is 0 Å². The Morgan fingerprint density at radius 2 is 2.05 bits per heavy atom. The number of thiophene rings is 1. The van der Waals surface area contributed by atoms with Gasteiger partial charge in [0.1, 0.15) is 0 Å². The second-order valence-electron chi connectivity index (χ2n) is 7.48. The molecular formula is C17H27NS. The Labute approximate surface area is 121 Å². The van der Waals surface area contributed by atoms with Gasteiger partial charge < -0.3 is 5.32 Å². The summed E-state index contributed by atoms with van der Waals surface area (Å²) in [4.78, 5) is 2.92. The number of rotatable bonds is 3. The zero-order valence-corrected chi connectivity index (χ0v) is 13.8. The second kappa shape index (κ2) is 4.33. The molecule has 0 radical (unpaired) electrons. The van der Waals surface area contributed by atoms with E-state index in [9.17, 15) is 0 Å². The maximum Gasteiger partial charge on any atom is 0.0219 e. The molecule has 1 aromatic heterocycles. The van der Waals surface area contributed by atoms with Gasteiger partial charge >= 0.3 is 0 Å². The highest BCUT2D eigenvalue weighted by Gasteiger charge is 2.60. The minimum absolute atomic E-state index is 0.497. The van der Waals surface area contributed by atoms with E-state index in [0.29, 0.717) is 16.9 Å². The van der Waals surface area contributed by atoms with E-state index < -0.39 is 0 Å². The first-order valence-corrected chi connectivity index (χ1v) is 8.45. The number of nitrogens with one attached hydrogen (secondary N) is 1. The number of fused-ring (bicyclic) bond motifs is 2. The van der Waals surface area contributed by atoms with E-state index in [1.54, 1.807) is 0 Å². The maximum absolute atomic E-state index is 3.89. The van der Waals surface area contributed by atoms with Crippen LogP contribution in [0.3, 0.4) is 0 Å². The molecule has 0 aliphatic heterocycles. The van der Waals surface area contributed by atoms with Crippen molar-refractivity contribution < 1.29 is 0 Å². The van der Waals surface area contributed by atoms with Crippen molar-refractivity contribution in [2.45, 2.75) is 66.5 Å². The van der Waals surface area contributed by atoms with E-state index in [4.69, 9.17) is 0 Å². The smallest absolute Gasteiger partial charge is 0.0219 e. The number of hydrogen-bond donors (Lipinski definition) is 1. The highest BCUT2D eigenvalue weighted by atomic mass is 32.1. The van der Waals surface area contributed by atoms with E-state index in [1.807, 2.05) is 11.3 Å². The zero-order valence-electron chi connectivity index (χ0n) is 13.0. The number of aryl methyl sites for hydroxylation is 2. The van der Waals surface area contributed by atoms with E-state index in [2.05, 4.69) is 46.0 Å². The largest absolute Gasteiger partial charge is 0.309 e. The summed E-state index contributed by atoms with van der Waals surface area (Å²) in [5, 5.41) is 3.89. The summed E-state index contributed by atoms with van der Waals surface area (Å²) in [6, 6.07) is 3.06. The van der Waals surface area contributed by atoms with Crippen LogP contribution in [0.1, 0.15) is 55.4 Å². The molecule has 2 fully saturated rings. The van der Waals surface area contributed by atoms with Crippen molar-refractivity contribution in [1.82, 2.24) is 5.32 Å². The molecule has 2 saturated carbocycles. The van der Waals surface area contributed by atoms with E-state index in [0.717, 1.165) is 12.5 Å². The number of hydrogen-bond acceptors (Lipinski definition) is 2. The van der Waals surface area contributed by atoms with Crippen LogP contribution >= 0.6 is 11.3 Å². The molecule has 106 valence electrons. The monoisotopic (exact) mass is 277 g/mol. The van der Waals surface area contributed by atoms with Gasteiger partial charge in [-0.15, -0.1) is 11.3 Å². The molecule has 1 aromatic rings. The second-order valence-corrected chi connectivity index (χ2v) is 8.94. The third kappa shape index (κ3) is 1.91. The summed E-state index contributed by atoms with van der Waals surface area (Å²) in [7, 11) is 0. The van der Waals surface area contributed by atoms with Gasteiger partial charge in [-0.3, -0.25) is 0 Å². The first-order valence-electron chi connectivity index (χ1n) is 7.64. The molecule has 0 saturated heterocycles. The van der Waals surface area contributed by atoms with Gasteiger partial charge in [0.2, 0.25) is 0 Å². The van der Waals surface area contributed by atoms with Crippen LogP contribution in [0.2, 0.25) is 0 Å². The van der Waals surface area contributed by atoms with Crippen LogP contribution in [0.15, 0.2) is 6.07 Å². The minimum atomic E-state index is 0.497. The third-order valence-electron chi connectivity index (χ3n) is 6.48. The highest BCUT2D eigenvalue weighted by Crippen LogP contribution is 2.65. The van der Waals surface area contributed by atoms with Gasteiger partial charge in [0.05, 0.1) is 0 Å².